The summed E-state index contributed by atoms with van der Waals surface area (Å²) in [6.45, 7) is 5.67. The van der Waals surface area contributed by atoms with E-state index >= 15 is 0 Å². The second kappa shape index (κ2) is 5.91. The summed E-state index contributed by atoms with van der Waals surface area (Å²) < 4.78 is 39.2. The van der Waals surface area contributed by atoms with Gasteiger partial charge in [-0.15, -0.1) is 0 Å². The van der Waals surface area contributed by atoms with Crippen molar-refractivity contribution in [1.82, 2.24) is 4.72 Å². The van der Waals surface area contributed by atoms with Crippen molar-refractivity contribution in [3.63, 3.8) is 0 Å². The monoisotopic (exact) mass is 363 g/mol. The van der Waals surface area contributed by atoms with E-state index in [1.807, 2.05) is 37.6 Å². The van der Waals surface area contributed by atoms with Gasteiger partial charge in [0.2, 0.25) is 0 Å². The average molecular weight is 363 g/mol. The molecule has 1 aliphatic heterocycles. The first-order chi connectivity index (χ1) is 11.2. The molecule has 0 fully saturated rings. The van der Waals surface area contributed by atoms with Crippen molar-refractivity contribution >= 4 is 27.1 Å². The SMILES string of the molecule is Cc1ccc([S+]([O-])c2cc(C(C)C)c3c(c2)S(=O)(=O)NC3=O)cc1. The molecule has 126 valence electrons. The third-order valence-corrected chi connectivity index (χ3v) is 6.64. The number of rotatable bonds is 3. The topological polar surface area (TPSA) is 86.3 Å². The molecule has 0 radical (unpaired) electrons. The van der Waals surface area contributed by atoms with Crippen LogP contribution < -0.4 is 4.72 Å². The van der Waals surface area contributed by atoms with Gasteiger partial charge in [0.1, 0.15) is 4.90 Å². The fourth-order valence-corrected chi connectivity index (χ4v) is 5.06. The third kappa shape index (κ3) is 2.83. The number of hydrogen-bond donors (Lipinski definition) is 1. The Bertz CT molecular complexity index is 918. The van der Waals surface area contributed by atoms with Gasteiger partial charge in [-0.25, -0.2) is 13.1 Å². The lowest BCUT2D eigenvalue weighted by molar-refractivity contribution is 0.0983. The lowest BCUT2D eigenvalue weighted by Crippen LogP contribution is -2.21. The van der Waals surface area contributed by atoms with Gasteiger partial charge in [0, 0.05) is 17.2 Å². The molecule has 1 amide bonds. The van der Waals surface area contributed by atoms with Crippen LogP contribution in [0, 0.1) is 6.92 Å². The summed E-state index contributed by atoms with van der Waals surface area (Å²) in [6.07, 6.45) is 0. The summed E-state index contributed by atoms with van der Waals surface area (Å²) >= 11 is -1.52. The number of carbonyl (C=O) groups is 1. The summed E-state index contributed by atoms with van der Waals surface area (Å²) in [4.78, 5) is 12.9. The van der Waals surface area contributed by atoms with Gasteiger partial charge in [0.05, 0.1) is 5.56 Å². The van der Waals surface area contributed by atoms with E-state index in [1.165, 1.54) is 6.07 Å². The van der Waals surface area contributed by atoms with Gasteiger partial charge in [-0.3, -0.25) is 4.79 Å². The van der Waals surface area contributed by atoms with E-state index in [1.54, 1.807) is 18.2 Å². The highest BCUT2D eigenvalue weighted by Crippen LogP contribution is 2.34. The Morgan fingerprint density at radius 1 is 1.08 bits per heavy atom. The molecule has 0 saturated heterocycles. The minimum atomic E-state index is -3.89. The molecule has 2 aromatic carbocycles. The first-order valence-corrected chi connectivity index (χ1v) is 10.1. The molecule has 5 nitrogen and oxygen atoms in total. The molecule has 0 aliphatic carbocycles. The van der Waals surface area contributed by atoms with Gasteiger partial charge in [-0.1, -0.05) is 31.5 Å². The van der Waals surface area contributed by atoms with Crippen LogP contribution in [0.4, 0.5) is 0 Å². The number of fused-ring (bicyclic) bond motifs is 1. The van der Waals surface area contributed by atoms with Crippen LogP contribution in [0.15, 0.2) is 51.1 Å². The van der Waals surface area contributed by atoms with Crippen LogP contribution in [0.3, 0.4) is 0 Å². The highest BCUT2D eigenvalue weighted by atomic mass is 32.2. The second-order valence-electron chi connectivity index (χ2n) is 6.06. The van der Waals surface area contributed by atoms with Crippen molar-refractivity contribution in [2.75, 3.05) is 0 Å². The van der Waals surface area contributed by atoms with Crippen LogP contribution in [-0.4, -0.2) is 18.9 Å². The number of aryl methyl sites for hydroxylation is 1. The number of nitrogens with one attached hydrogen (secondary N) is 1. The molecule has 0 aromatic heterocycles. The normalized spacial score (nSPS) is 16.8. The van der Waals surface area contributed by atoms with Crippen LogP contribution in [0.2, 0.25) is 0 Å². The minimum Gasteiger partial charge on any atom is -0.606 e. The Labute approximate surface area is 144 Å². The zero-order chi connectivity index (χ0) is 17.6. The highest BCUT2D eigenvalue weighted by molar-refractivity contribution is 7.92. The molecule has 24 heavy (non-hydrogen) atoms. The molecule has 0 bridgehead atoms. The Kier molecular flexibility index (Phi) is 4.19. The highest BCUT2D eigenvalue weighted by Gasteiger charge is 2.37. The van der Waals surface area contributed by atoms with Gasteiger partial charge in [0.25, 0.3) is 15.9 Å². The maximum atomic E-state index is 12.8. The van der Waals surface area contributed by atoms with Gasteiger partial charge in [0.15, 0.2) is 9.79 Å². The van der Waals surface area contributed by atoms with Crippen molar-refractivity contribution in [3.05, 3.63) is 53.1 Å². The van der Waals surface area contributed by atoms with Gasteiger partial charge < -0.3 is 4.55 Å². The van der Waals surface area contributed by atoms with E-state index in [2.05, 4.69) is 0 Å². The molecule has 1 heterocycles. The molecule has 1 aliphatic rings. The number of amides is 1. The van der Waals surface area contributed by atoms with E-state index in [4.69, 9.17) is 0 Å². The molecular weight excluding hydrogens is 346 g/mol. The quantitative estimate of drug-likeness (QED) is 0.850. The maximum absolute atomic E-state index is 12.8. The summed E-state index contributed by atoms with van der Waals surface area (Å²) in [7, 11) is -3.89. The van der Waals surface area contributed by atoms with Gasteiger partial charge >= 0.3 is 0 Å². The van der Waals surface area contributed by atoms with Crippen molar-refractivity contribution < 1.29 is 17.8 Å². The summed E-state index contributed by atoms with van der Waals surface area (Å²) in [5.41, 5.74) is 1.79. The molecule has 2 aromatic rings. The van der Waals surface area contributed by atoms with Crippen molar-refractivity contribution in [2.24, 2.45) is 0 Å². The molecular formula is C17H17NO4S2. The average Bonchev–Trinajstić information content (AvgIpc) is 2.76. The molecule has 7 heteroatoms. The predicted molar refractivity (Wildman–Crippen MR) is 91.0 cm³/mol. The van der Waals surface area contributed by atoms with Gasteiger partial charge in [-0.05, 0) is 36.6 Å². The molecule has 0 saturated carbocycles. The van der Waals surface area contributed by atoms with E-state index in [0.29, 0.717) is 15.4 Å². The van der Waals surface area contributed by atoms with E-state index < -0.39 is 27.1 Å². The van der Waals surface area contributed by atoms with Crippen LogP contribution in [0.25, 0.3) is 0 Å². The number of sulfonamides is 1. The van der Waals surface area contributed by atoms with E-state index in [9.17, 15) is 17.8 Å². The number of hydrogen-bond acceptors (Lipinski definition) is 4. The molecule has 0 spiro atoms. The number of carbonyl (C=O) groups excluding carboxylic acids is 1. The van der Waals surface area contributed by atoms with Crippen LogP contribution in [0.1, 0.15) is 41.3 Å². The van der Waals surface area contributed by atoms with Crippen molar-refractivity contribution in [1.29, 1.82) is 0 Å². The Morgan fingerprint density at radius 3 is 2.29 bits per heavy atom. The maximum Gasteiger partial charge on any atom is 0.266 e. The summed E-state index contributed by atoms with van der Waals surface area (Å²) in [6, 6.07) is 10.2. The minimum absolute atomic E-state index is 0.0761. The molecule has 3 rings (SSSR count). The lowest BCUT2D eigenvalue weighted by atomic mass is 9.97. The van der Waals surface area contributed by atoms with E-state index in [0.717, 1.165) is 5.56 Å². The fraction of sp³-hybridized carbons (Fsp3) is 0.235. The van der Waals surface area contributed by atoms with Crippen LogP contribution >= 0.6 is 0 Å². The smallest absolute Gasteiger partial charge is 0.266 e. The summed E-state index contributed by atoms with van der Waals surface area (Å²) in [5, 5.41) is 0. The Morgan fingerprint density at radius 2 is 1.71 bits per heavy atom. The zero-order valence-corrected chi connectivity index (χ0v) is 15.1. The van der Waals surface area contributed by atoms with E-state index in [-0.39, 0.29) is 16.4 Å². The van der Waals surface area contributed by atoms with Crippen molar-refractivity contribution in [2.45, 2.75) is 41.4 Å². The number of benzene rings is 2. The largest absolute Gasteiger partial charge is 0.606 e. The Balaban J connectivity index is 2.19. The molecule has 1 atom stereocenters. The Hall–Kier alpha value is -1.83. The van der Waals surface area contributed by atoms with Gasteiger partial charge in [-0.2, -0.15) is 0 Å². The fourth-order valence-electron chi connectivity index (χ4n) is 2.65. The second-order valence-corrected chi connectivity index (χ2v) is 9.19. The first kappa shape index (κ1) is 17.0. The third-order valence-electron chi connectivity index (χ3n) is 3.92. The predicted octanol–water partition coefficient (Wildman–Crippen LogP) is 2.72. The lowest BCUT2D eigenvalue weighted by Gasteiger charge is -2.15. The summed E-state index contributed by atoms with van der Waals surface area (Å²) in [5.74, 6) is -0.700. The molecule has 1 unspecified atom stereocenters. The molecule has 1 N–H and O–H groups in total. The zero-order valence-electron chi connectivity index (χ0n) is 13.5. The van der Waals surface area contributed by atoms with Crippen LogP contribution in [0.5, 0.6) is 0 Å². The van der Waals surface area contributed by atoms with Crippen molar-refractivity contribution in [3.8, 4) is 0 Å². The standard InChI is InChI=1S/C17H17NO4S2/c1-10(2)14-8-13(23(20)12-6-4-11(3)5-7-12)9-15-16(14)17(19)18-24(15,21)22/h4-10H,1-3H3,(H,18,19). The van der Waals surface area contributed by atoms with Crippen LogP contribution in [-0.2, 0) is 21.2 Å². The first-order valence-electron chi connectivity index (χ1n) is 7.44.